The number of carbonyl (C=O) groups is 9. The number of anilines is 6. The van der Waals surface area contributed by atoms with Gasteiger partial charge in [0.05, 0.1) is 36.3 Å². The molecule has 9 atom stereocenters. The highest BCUT2D eigenvalue weighted by Crippen LogP contribution is 2.38. The quantitative estimate of drug-likeness (QED) is 0.0487. The molecule has 3 N–H and O–H groups in total. The van der Waals surface area contributed by atoms with Crippen molar-refractivity contribution >= 4 is 89.6 Å². The number of hydrogen-bond acceptors (Lipinski definition) is 26. The second-order valence-corrected chi connectivity index (χ2v) is 29.8. The van der Waals surface area contributed by atoms with Crippen LogP contribution >= 0.6 is 0 Å². The van der Waals surface area contributed by atoms with E-state index in [0.29, 0.717) is 179 Å². The Morgan fingerprint density at radius 2 is 0.752 bits per heavy atom. The van der Waals surface area contributed by atoms with Gasteiger partial charge in [0.15, 0.2) is 18.9 Å². The van der Waals surface area contributed by atoms with E-state index in [0.717, 1.165) is 67.2 Å². The minimum Gasteiger partial charge on any atom is -0.486 e. The Bertz CT molecular complexity index is 4450. The summed E-state index contributed by atoms with van der Waals surface area (Å²) in [7, 11) is 9.48. The predicted molar refractivity (Wildman–Crippen MR) is 418 cm³/mol. The smallest absolute Gasteiger partial charge is 0.328 e. The lowest BCUT2D eigenvalue weighted by Gasteiger charge is -2.35. The number of amides is 9. The minimum absolute atomic E-state index is 0.0411. The Kier molecular flexibility index (Phi) is 26.7. The van der Waals surface area contributed by atoms with Crippen molar-refractivity contribution < 1.29 is 81.0 Å². The first-order valence-electron chi connectivity index (χ1n) is 39.1. The maximum Gasteiger partial charge on any atom is 0.328 e. The fourth-order valence-electron chi connectivity index (χ4n) is 15.9. The molecule has 3 saturated carbocycles. The highest BCUT2D eigenvalue weighted by molar-refractivity contribution is 6.04. The van der Waals surface area contributed by atoms with Crippen LogP contribution in [0.1, 0.15) is 164 Å². The van der Waals surface area contributed by atoms with E-state index in [2.05, 4.69) is 64.1 Å². The number of fused-ring (bicyclic) bond motifs is 3. The van der Waals surface area contributed by atoms with E-state index in [-0.39, 0.29) is 108 Å². The number of nitriles is 3. The number of aldehydes is 3. The molecule has 0 radical (unpaired) electrons. The Hall–Kier alpha value is -12.0. The lowest BCUT2D eigenvalue weighted by atomic mass is 9.77. The minimum atomic E-state index is -0.466. The van der Waals surface area contributed by atoms with Crippen LogP contribution in [0.4, 0.5) is 49.3 Å². The maximum absolute atomic E-state index is 13.4. The Balaban J connectivity index is 0.000000152. The van der Waals surface area contributed by atoms with Crippen molar-refractivity contribution in [2.45, 2.75) is 171 Å². The van der Waals surface area contributed by atoms with Gasteiger partial charge in [-0.05, 0) is 136 Å². The average molecular weight is 1600 g/mol. The van der Waals surface area contributed by atoms with Crippen LogP contribution in [0.5, 0.6) is 11.5 Å². The Morgan fingerprint density at radius 3 is 1.04 bits per heavy atom. The predicted octanol–water partition coefficient (Wildman–Crippen LogP) is 7.76. The second-order valence-electron chi connectivity index (χ2n) is 29.8. The number of likely N-dealkylation sites (tertiary alicyclic amines) is 3. The lowest BCUT2D eigenvalue weighted by Crippen LogP contribution is -2.42. The van der Waals surface area contributed by atoms with Gasteiger partial charge in [0.2, 0.25) is 0 Å². The summed E-state index contributed by atoms with van der Waals surface area (Å²) in [6.07, 6.45) is 16.6. The number of aromatic nitrogens is 6. The number of hydrogen-bond donors (Lipinski definition) is 3. The van der Waals surface area contributed by atoms with Gasteiger partial charge >= 0.3 is 18.1 Å². The molecular formula is C82H92N18O17. The summed E-state index contributed by atoms with van der Waals surface area (Å²) in [5, 5.41) is 36.9. The van der Waals surface area contributed by atoms with Crippen molar-refractivity contribution in [1.82, 2.24) is 44.6 Å². The highest BCUT2D eigenvalue weighted by Gasteiger charge is 2.40. The van der Waals surface area contributed by atoms with Crippen LogP contribution in [0.15, 0.2) is 55.0 Å². The van der Waals surface area contributed by atoms with Crippen molar-refractivity contribution in [3.63, 3.8) is 0 Å². The molecule has 15 rings (SSSR count). The van der Waals surface area contributed by atoms with Crippen molar-refractivity contribution in [1.29, 1.82) is 15.8 Å². The molecule has 35 nitrogen and oxygen atoms in total. The zero-order valence-electron chi connectivity index (χ0n) is 66.0. The van der Waals surface area contributed by atoms with Crippen LogP contribution in [-0.4, -0.2) is 230 Å². The molecule has 9 amide bonds. The fourth-order valence-corrected chi connectivity index (χ4v) is 15.9. The van der Waals surface area contributed by atoms with Gasteiger partial charge in [-0.1, -0.05) is 0 Å². The number of ether oxygens (including phenoxy) is 8. The van der Waals surface area contributed by atoms with Gasteiger partial charge in [0.1, 0.15) is 123 Å². The van der Waals surface area contributed by atoms with Crippen molar-refractivity contribution in [3.8, 4) is 29.7 Å². The first kappa shape index (κ1) is 82.9. The first-order chi connectivity index (χ1) is 56.8. The van der Waals surface area contributed by atoms with E-state index in [9.17, 15) is 58.9 Å². The number of rotatable bonds is 24. The van der Waals surface area contributed by atoms with Crippen LogP contribution < -0.4 is 40.1 Å². The molecule has 6 aromatic heterocycles. The van der Waals surface area contributed by atoms with E-state index < -0.39 is 36.4 Å². The number of methoxy groups -OCH3 is 6. The number of pyridine rings is 6. The topological polar surface area (TPSA) is 432 Å². The van der Waals surface area contributed by atoms with Gasteiger partial charge in [-0.25, -0.2) is 44.3 Å². The van der Waals surface area contributed by atoms with Crippen molar-refractivity contribution in [3.05, 3.63) is 128 Å². The number of nitrogens with zero attached hydrogens (tertiary/aromatic N) is 15. The molecule has 3 saturated heterocycles. The molecule has 0 aromatic carbocycles. The molecule has 0 bridgehead atoms. The standard InChI is InChI=1S/C28H32N6O5.2C27H30N6O6/c1-38-23-6-5-17(23)10-19-12-25(30-14-21(19)13-29)32-28(37)34-8-3-4-18-11-20(22(16-35)31-26(18)34)15-33-9-7-24(39-2)27(33)36;2*1-37-20-5-6-21(20)39-23-11-24(29-13-18(23)12-28)31-27(36)33-8-3-4-16-10-17(19(15-34)30-25(16)33)14-32-9-7-22(38-2)26(32)35/h11-12,14,16-17,23-24H,3-10,15H2,1-2H3,(H,30,32,37);2*10-11,13,15,20-22H,3-9,14H2,1-2H3,(H,29,31,36)/t17-,23-,24-;20-,21-,22+;20-,21-,22-/m110/s1. The van der Waals surface area contributed by atoms with Crippen LogP contribution in [0.3, 0.4) is 0 Å². The third-order valence-electron chi connectivity index (χ3n) is 23.0. The molecule has 12 heterocycles. The normalized spacial score (nSPS) is 22.1. The molecule has 6 aliphatic heterocycles. The molecule has 9 aliphatic rings. The summed E-state index contributed by atoms with van der Waals surface area (Å²) in [4.78, 5) is 149. The largest absolute Gasteiger partial charge is 0.486 e. The zero-order valence-corrected chi connectivity index (χ0v) is 66.0. The van der Waals surface area contributed by atoms with E-state index in [1.165, 1.54) is 66.8 Å². The number of urea groups is 3. The van der Waals surface area contributed by atoms with Crippen LogP contribution in [0.2, 0.25) is 0 Å². The van der Waals surface area contributed by atoms with Crippen LogP contribution in [0.25, 0.3) is 0 Å². The fraction of sp³-hybridized carbons (Fsp3) is 0.488. The number of nitrogens with one attached hydrogen (secondary N) is 3. The average Bonchev–Trinajstić information content (AvgIpc) is 1.61. The zero-order chi connectivity index (χ0) is 82.6. The summed E-state index contributed by atoms with van der Waals surface area (Å²) in [5.41, 5.74) is 6.80. The molecule has 0 unspecified atom stereocenters. The van der Waals surface area contributed by atoms with Crippen molar-refractivity contribution in [2.24, 2.45) is 5.92 Å². The number of aryl methyl sites for hydroxylation is 3. The van der Waals surface area contributed by atoms with Gasteiger partial charge in [-0.15, -0.1) is 0 Å². The second kappa shape index (κ2) is 37.7. The molecule has 6 fully saturated rings. The van der Waals surface area contributed by atoms with Gasteiger partial charge in [0, 0.05) is 156 Å². The SMILES string of the molecule is CO[C@@H]1CCN(Cc2cc3c(nc2C=O)N(C(=O)Nc2cc(C[C@H]4CC[C@H]4OC)c(C#N)cn2)CCC3)C1=O.CO[C@H]1CCN(Cc2cc3c(nc2C=O)N(C(=O)Nc2cc(O[C@@H]4CC[C@H]4OC)c(C#N)cn2)CCC3)C1=O.CO[C@H]1CCN(Cc2cc3c(nc2C=O)N(C(=O)Nc2cc(O[C@H]4CC[C@@H]4OC)c(C#N)cn2)CCC3)C1=O. The number of carbonyl (C=O) groups excluding carboxylic acids is 9. The molecule has 612 valence electrons. The van der Waals surface area contributed by atoms with E-state index in [1.807, 2.05) is 18.2 Å². The van der Waals surface area contributed by atoms with Crippen LogP contribution in [-0.2, 0) is 88.1 Å². The van der Waals surface area contributed by atoms with Gasteiger partial charge in [0.25, 0.3) is 17.7 Å². The molecule has 3 aliphatic carbocycles. The molecule has 117 heavy (non-hydrogen) atoms. The molecule has 0 spiro atoms. The van der Waals surface area contributed by atoms with Crippen molar-refractivity contribution in [2.75, 3.05) is 113 Å². The van der Waals surface area contributed by atoms with Gasteiger partial charge in [-0.2, -0.15) is 15.8 Å². The third kappa shape index (κ3) is 18.3. The lowest BCUT2D eigenvalue weighted by molar-refractivity contribution is -0.137. The van der Waals surface area contributed by atoms with E-state index >= 15 is 0 Å². The first-order valence-corrected chi connectivity index (χ1v) is 39.1. The summed E-state index contributed by atoms with van der Waals surface area (Å²) in [5.74, 6) is 2.69. The molecule has 6 aromatic rings. The molecule has 35 heteroatoms. The summed E-state index contributed by atoms with van der Waals surface area (Å²) < 4.78 is 43.9. The maximum atomic E-state index is 13.4. The van der Waals surface area contributed by atoms with Gasteiger partial charge in [-0.3, -0.25) is 59.4 Å². The highest BCUT2D eigenvalue weighted by atomic mass is 16.5. The molecular weight excluding hydrogens is 1510 g/mol. The van der Waals surface area contributed by atoms with E-state index in [4.69, 9.17) is 37.9 Å². The Morgan fingerprint density at radius 1 is 0.419 bits per heavy atom. The summed E-state index contributed by atoms with van der Waals surface area (Å²) in [6.45, 7) is 3.64. The third-order valence-corrected chi connectivity index (χ3v) is 23.0. The monoisotopic (exact) mass is 1600 g/mol. The van der Waals surface area contributed by atoms with Crippen LogP contribution in [0, 0.1) is 39.9 Å². The summed E-state index contributed by atoms with van der Waals surface area (Å²) in [6, 6.07) is 15.4. The summed E-state index contributed by atoms with van der Waals surface area (Å²) >= 11 is 0. The Labute approximate surface area is 675 Å². The van der Waals surface area contributed by atoms with Gasteiger partial charge < -0.3 is 52.6 Å². The van der Waals surface area contributed by atoms with E-state index in [1.54, 1.807) is 42.1 Å².